The normalized spacial score (nSPS) is 13.1. The van der Waals surface area contributed by atoms with Crippen LogP contribution in [0, 0.1) is 17.3 Å². The summed E-state index contributed by atoms with van der Waals surface area (Å²) < 4.78 is 18.0. The van der Waals surface area contributed by atoms with Gasteiger partial charge in [0.25, 0.3) is 0 Å². The van der Waals surface area contributed by atoms with Crippen LogP contribution in [0.25, 0.3) is 11.0 Å². The van der Waals surface area contributed by atoms with Crippen LogP contribution >= 0.6 is 11.6 Å². The zero-order valence-corrected chi connectivity index (χ0v) is 15.3. The van der Waals surface area contributed by atoms with Crippen molar-refractivity contribution in [3.8, 4) is 6.19 Å². The highest BCUT2D eigenvalue weighted by Crippen LogP contribution is 2.27. The fourth-order valence-corrected chi connectivity index (χ4v) is 3.60. The van der Waals surface area contributed by atoms with Crippen molar-refractivity contribution < 1.29 is 4.39 Å². The van der Waals surface area contributed by atoms with Gasteiger partial charge in [-0.15, -0.1) is 16.6 Å². The van der Waals surface area contributed by atoms with Gasteiger partial charge in [-0.25, -0.2) is 4.39 Å². The van der Waals surface area contributed by atoms with Crippen LogP contribution in [0.1, 0.15) is 31.4 Å². The van der Waals surface area contributed by atoms with E-state index in [1.165, 1.54) is 12.1 Å². The molecule has 0 saturated carbocycles. The van der Waals surface area contributed by atoms with Crippen LogP contribution < -0.4 is 5.62 Å². The van der Waals surface area contributed by atoms with Crippen LogP contribution in [0.15, 0.2) is 53.5 Å². The number of imidazole rings is 1. The molecule has 1 heterocycles. The molecule has 0 aliphatic carbocycles. The first-order valence-electron chi connectivity index (χ1n) is 8.65. The second kappa shape index (κ2) is 8.20. The lowest BCUT2D eigenvalue weighted by molar-refractivity contribution is 0.530. The Morgan fingerprint density at radius 2 is 1.96 bits per heavy atom. The predicted molar refractivity (Wildman–Crippen MR) is 101 cm³/mol. The third-order valence-electron chi connectivity index (χ3n) is 4.42. The molecule has 0 saturated heterocycles. The number of benzene rings is 2. The molecular formula is C20H20ClFN4. The molecule has 0 spiro atoms. The summed E-state index contributed by atoms with van der Waals surface area (Å²) in [6.45, 7) is 2.75. The van der Waals surface area contributed by atoms with E-state index in [1.807, 2.05) is 45.7 Å². The van der Waals surface area contributed by atoms with Crippen LogP contribution in [-0.2, 0) is 6.54 Å². The Balaban J connectivity index is 2.39. The largest absolute Gasteiger partial charge is 0.309 e. The number of nitriles is 1. The van der Waals surface area contributed by atoms with Crippen molar-refractivity contribution in [3.05, 3.63) is 65.5 Å². The molecule has 2 aromatic carbocycles. The number of nitrogens with zero attached hydrogens (tertiary/aromatic N) is 4. The molecule has 4 nitrogen and oxygen atoms in total. The maximum absolute atomic E-state index is 14.0. The molecule has 1 aromatic heterocycles. The number of aryl methyl sites for hydroxylation is 1. The van der Waals surface area contributed by atoms with E-state index in [2.05, 4.69) is 11.9 Å². The Morgan fingerprint density at radius 1 is 1.19 bits per heavy atom. The lowest BCUT2D eigenvalue weighted by Crippen LogP contribution is -2.29. The van der Waals surface area contributed by atoms with Gasteiger partial charge >= 0.3 is 0 Å². The fraction of sp³-hybridized carbons (Fsp3) is 0.300. The van der Waals surface area contributed by atoms with Crippen LogP contribution in [0.2, 0.25) is 0 Å². The van der Waals surface area contributed by atoms with E-state index in [-0.39, 0.29) is 11.9 Å². The lowest BCUT2D eigenvalue weighted by atomic mass is 10.0. The number of hydrogen-bond acceptors (Lipinski definition) is 2. The standard InChI is InChI=1S/C20H20ClFN4/c1-2-12-25-18-9-8-16(22)13-19(18)26(20(25)24-14-23)17(10-11-21)15-6-4-3-5-7-15/h3-9,13,17H,2,10-12H2,1H3/b24-20-/t17-/m1/s1. The maximum atomic E-state index is 14.0. The average molecular weight is 371 g/mol. The van der Waals surface area contributed by atoms with Gasteiger partial charge in [0.2, 0.25) is 11.8 Å². The summed E-state index contributed by atoms with van der Waals surface area (Å²) in [5.41, 5.74) is 3.14. The zero-order chi connectivity index (χ0) is 18.5. The fourth-order valence-electron chi connectivity index (χ4n) is 3.40. The zero-order valence-electron chi connectivity index (χ0n) is 14.6. The topological polar surface area (TPSA) is 46.0 Å². The first-order chi connectivity index (χ1) is 12.7. The summed E-state index contributed by atoms with van der Waals surface area (Å²) in [4.78, 5) is 4.09. The number of halogens is 2. The summed E-state index contributed by atoms with van der Waals surface area (Å²) in [6, 6.07) is 14.5. The number of rotatable bonds is 6. The number of alkyl halides is 1. The Kier molecular flexibility index (Phi) is 5.75. The van der Waals surface area contributed by atoms with Gasteiger partial charge in [-0.3, -0.25) is 0 Å². The second-order valence-corrected chi connectivity index (χ2v) is 6.45. The molecular weight excluding hydrogens is 351 g/mol. The molecule has 0 amide bonds. The van der Waals surface area contributed by atoms with E-state index in [0.717, 1.165) is 17.5 Å². The van der Waals surface area contributed by atoms with E-state index in [4.69, 9.17) is 11.6 Å². The molecule has 0 bridgehead atoms. The first kappa shape index (κ1) is 18.2. The third kappa shape index (κ3) is 3.38. The maximum Gasteiger partial charge on any atom is 0.222 e. The third-order valence-corrected chi connectivity index (χ3v) is 4.64. The Labute approximate surface area is 156 Å². The first-order valence-corrected chi connectivity index (χ1v) is 9.18. The summed E-state index contributed by atoms with van der Waals surface area (Å²) in [5, 5.41) is 9.26. The molecule has 3 rings (SSSR count). The number of hydrogen-bond donors (Lipinski definition) is 0. The van der Waals surface area contributed by atoms with E-state index >= 15 is 0 Å². The van der Waals surface area contributed by atoms with E-state index in [9.17, 15) is 9.65 Å². The van der Waals surface area contributed by atoms with Crippen molar-refractivity contribution in [2.24, 2.45) is 4.99 Å². The van der Waals surface area contributed by atoms with Crippen molar-refractivity contribution >= 4 is 22.6 Å². The van der Waals surface area contributed by atoms with Gasteiger partial charge < -0.3 is 9.13 Å². The predicted octanol–water partition coefficient (Wildman–Crippen LogP) is 4.59. The van der Waals surface area contributed by atoms with Crippen molar-refractivity contribution in [2.75, 3.05) is 5.88 Å². The van der Waals surface area contributed by atoms with E-state index in [0.29, 0.717) is 30.0 Å². The van der Waals surface area contributed by atoms with Crippen molar-refractivity contribution in [2.45, 2.75) is 32.4 Å². The van der Waals surface area contributed by atoms with Gasteiger partial charge in [-0.1, -0.05) is 37.3 Å². The SMILES string of the molecule is CCCn1/c(=N/C#N)n([C@H](CCCl)c2ccccc2)c2cc(F)ccc21. The smallest absolute Gasteiger partial charge is 0.222 e. The van der Waals surface area contributed by atoms with Crippen molar-refractivity contribution in [1.29, 1.82) is 5.26 Å². The summed E-state index contributed by atoms with van der Waals surface area (Å²) >= 11 is 6.09. The molecule has 0 N–H and O–H groups in total. The molecule has 6 heteroatoms. The summed E-state index contributed by atoms with van der Waals surface area (Å²) in [6.07, 6.45) is 3.42. The average Bonchev–Trinajstić information content (AvgIpc) is 2.94. The van der Waals surface area contributed by atoms with Gasteiger partial charge in [-0.05, 0) is 36.6 Å². The van der Waals surface area contributed by atoms with Gasteiger partial charge in [0.1, 0.15) is 5.82 Å². The monoisotopic (exact) mass is 370 g/mol. The van der Waals surface area contributed by atoms with E-state index < -0.39 is 0 Å². The Bertz CT molecular complexity index is 998. The highest BCUT2D eigenvalue weighted by atomic mass is 35.5. The molecule has 3 aromatic rings. The van der Waals surface area contributed by atoms with Gasteiger partial charge in [-0.2, -0.15) is 5.26 Å². The van der Waals surface area contributed by atoms with Gasteiger partial charge in [0.05, 0.1) is 17.1 Å². The minimum atomic E-state index is -0.318. The molecule has 0 unspecified atom stereocenters. The van der Waals surface area contributed by atoms with Crippen molar-refractivity contribution in [3.63, 3.8) is 0 Å². The van der Waals surface area contributed by atoms with Crippen LogP contribution in [0.3, 0.4) is 0 Å². The number of fused-ring (bicyclic) bond motifs is 1. The highest BCUT2D eigenvalue weighted by molar-refractivity contribution is 6.17. The van der Waals surface area contributed by atoms with Crippen LogP contribution in [0.5, 0.6) is 0 Å². The molecule has 0 radical (unpaired) electrons. The summed E-state index contributed by atoms with van der Waals surface area (Å²) in [7, 11) is 0. The molecule has 0 fully saturated rings. The molecule has 0 aliphatic rings. The van der Waals surface area contributed by atoms with Crippen LogP contribution in [0.4, 0.5) is 4.39 Å². The minimum absolute atomic E-state index is 0.136. The molecule has 134 valence electrons. The second-order valence-electron chi connectivity index (χ2n) is 6.07. The van der Waals surface area contributed by atoms with Crippen LogP contribution in [-0.4, -0.2) is 15.0 Å². The van der Waals surface area contributed by atoms with Gasteiger partial charge in [0.15, 0.2) is 0 Å². The Hall–Kier alpha value is -2.58. The molecule has 26 heavy (non-hydrogen) atoms. The lowest BCUT2D eigenvalue weighted by Gasteiger charge is -2.19. The molecule has 1 atom stereocenters. The highest BCUT2D eigenvalue weighted by Gasteiger charge is 2.21. The van der Waals surface area contributed by atoms with Crippen molar-refractivity contribution in [1.82, 2.24) is 9.13 Å². The number of aromatic nitrogens is 2. The molecule has 0 aliphatic heterocycles. The minimum Gasteiger partial charge on any atom is -0.309 e. The van der Waals surface area contributed by atoms with E-state index in [1.54, 1.807) is 6.07 Å². The quantitative estimate of drug-likeness (QED) is 0.462. The van der Waals surface area contributed by atoms with Gasteiger partial charge in [0, 0.05) is 12.4 Å². The Morgan fingerprint density at radius 3 is 2.62 bits per heavy atom. The summed E-state index contributed by atoms with van der Waals surface area (Å²) in [5.74, 6) is 0.120.